The minimum Gasteiger partial charge on any atom is -0.351 e. The van der Waals surface area contributed by atoms with Gasteiger partial charge < -0.3 is 10.2 Å². The van der Waals surface area contributed by atoms with E-state index in [4.69, 9.17) is 23.2 Å². The Kier molecular flexibility index (Phi) is 3.20. The molecule has 2 aromatic rings. The van der Waals surface area contributed by atoms with Gasteiger partial charge in [-0.15, -0.1) is 10.2 Å². The lowest BCUT2D eigenvalue weighted by molar-refractivity contribution is 0.584. The van der Waals surface area contributed by atoms with E-state index in [2.05, 4.69) is 25.4 Å². The molecule has 5 nitrogen and oxygen atoms in total. The fourth-order valence-electron chi connectivity index (χ4n) is 2.06. The number of pyridine rings is 1. The predicted molar refractivity (Wildman–Crippen MR) is 72.4 cm³/mol. The summed E-state index contributed by atoms with van der Waals surface area (Å²) in [6.07, 6.45) is 1.60. The van der Waals surface area contributed by atoms with E-state index in [9.17, 15) is 0 Å². The summed E-state index contributed by atoms with van der Waals surface area (Å²) in [6, 6.07) is 1.77. The standard InChI is InChI=1S/C11H11Cl2N5/c12-7-5-8-9(15-6-7)11(17-16-10(8)13)18-3-1-14-2-4-18/h5-6,14H,1-4H2. The van der Waals surface area contributed by atoms with Crippen LogP contribution in [0.1, 0.15) is 0 Å². The molecule has 3 heterocycles. The van der Waals surface area contributed by atoms with Gasteiger partial charge >= 0.3 is 0 Å². The van der Waals surface area contributed by atoms with Crippen molar-refractivity contribution in [3.05, 3.63) is 22.4 Å². The number of piperazine rings is 1. The molecule has 0 aliphatic carbocycles. The smallest absolute Gasteiger partial charge is 0.178 e. The number of nitrogens with one attached hydrogen (secondary N) is 1. The minimum atomic E-state index is 0.332. The molecule has 1 aliphatic rings. The fraction of sp³-hybridized carbons (Fsp3) is 0.364. The van der Waals surface area contributed by atoms with Crippen LogP contribution in [0.5, 0.6) is 0 Å². The molecule has 0 saturated carbocycles. The van der Waals surface area contributed by atoms with Crippen molar-refractivity contribution in [3.63, 3.8) is 0 Å². The first-order valence-electron chi connectivity index (χ1n) is 5.69. The van der Waals surface area contributed by atoms with Gasteiger partial charge in [-0.25, -0.2) is 0 Å². The summed E-state index contributed by atoms with van der Waals surface area (Å²) < 4.78 is 0. The van der Waals surface area contributed by atoms with Crippen molar-refractivity contribution in [3.8, 4) is 0 Å². The minimum absolute atomic E-state index is 0.332. The first-order chi connectivity index (χ1) is 8.75. The normalized spacial score (nSPS) is 16.2. The highest BCUT2D eigenvalue weighted by molar-refractivity contribution is 6.35. The molecule has 18 heavy (non-hydrogen) atoms. The number of aromatic nitrogens is 3. The third kappa shape index (κ3) is 2.09. The van der Waals surface area contributed by atoms with Crippen molar-refractivity contribution >= 4 is 39.9 Å². The molecule has 1 fully saturated rings. The zero-order valence-corrected chi connectivity index (χ0v) is 11.0. The number of rotatable bonds is 1. The number of nitrogens with zero attached hydrogens (tertiary/aromatic N) is 4. The molecule has 0 amide bonds. The van der Waals surface area contributed by atoms with Gasteiger partial charge in [0, 0.05) is 37.8 Å². The highest BCUT2D eigenvalue weighted by atomic mass is 35.5. The molecule has 0 radical (unpaired) electrons. The summed E-state index contributed by atoms with van der Waals surface area (Å²) in [5, 5.41) is 13.1. The lowest BCUT2D eigenvalue weighted by atomic mass is 10.2. The van der Waals surface area contributed by atoms with Crippen molar-refractivity contribution in [2.45, 2.75) is 0 Å². The first kappa shape index (κ1) is 11.9. The highest BCUT2D eigenvalue weighted by Gasteiger charge is 2.17. The summed E-state index contributed by atoms with van der Waals surface area (Å²) in [4.78, 5) is 6.49. The summed E-state index contributed by atoms with van der Waals surface area (Å²) in [7, 11) is 0. The lowest BCUT2D eigenvalue weighted by Gasteiger charge is -2.28. The third-order valence-electron chi connectivity index (χ3n) is 2.94. The average molecular weight is 284 g/mol. The molecular formula is C11H11Cl2N5. The Morgan fingerprint density at radius 1 is 1.17 bits per heavy atom. The van der Waals surface area contributed by atoms with Gasteiger partial charge in [-0.05, 0) is 6.07 Å². The summed E-state index contributed by atoms with van der Waals surface area (Å²) >= 11 is 12.0. The topological polar surface area (TPSA) is 53.9 Å². The summed E-state index contributed by atoms with van der Waals surface area (Å²) in [6.45, 7) is 3.63. The molecule has 2 aromatic heterocycles. The van der Waals surface area contributed by atoms with Crippen LogP contribution >= 0.6 is 23.2 Å². The largest absolute Gasteiger partial charge is 0.351 e. The Hall–Kier alpha value is -1.17. The SMILES string of the molecule is Clc1cnc2c(N3CCNCC3)nnc(Cl)c2c1. The second-order valence-corrected chi connectivity index (χ2v) is 4.90. The van der Waals surface area contributed by atoms with Crippen LogP contribution in [0, 0.1) is 0 Å². The van der Waals surface area contributed by atoms with Gasteiger partial charge in [0.05, 0.1) is 5.02 Å². The van der Waals surface area contributed by atoms with E-state index in [0.717, 1.165) is 42.9 Å². The zero-order chi connectivity index (χ0) is 12.5. The Morgan fingerprint density at radius 2 is 1.94 bits per heavy atom. The Bertz CT molecular complexity index is 583. The van der Waals surface area contributed by atoms with E-state index in [-0.39, 0.29) is 0 Å². The molecule has 7 heteroatoms. The molecular weight excluding hydrogens is 273 g/mol. The molecule has 1 saturated heterocycles. The monoisotopic (exact) mass is 283 g/mol. The number of fused-ring (bicyclic) bond motifs is 1. The maximum atomic E-state index is 6.04. The molecule has 94 valence electrons. The highest BCUT2D eigenvalue weighted by Crippen LogP contribution is 2.28. The van der Waals surface area contributed by atoms with E-state index >= 15 is 0 Å². The maximum absolute atomic E-state index is 6.04. The Morgan fingerprint density at radius 3 is 2.72 bits per heavy atom. The number of hydrogen-bond acceptors (Lipinski definition) is 5. The molecule has 1 N–H and O–H groups in total. The number of hydrogen-bond donors (Lipinski definition) is 1. The van der Waals surface area contributed by atoms with Gasteiger partial charge in [0.2, 0.25) is 0 Å². The van der Waals surface area contributed by atoms with Crippen LogP contribution in [0.3, 0.4) is 0 Å². The fourth-order valence-corrected chi connectivity index (χ4v) is 2.40. The van der Waals surface area contributed by atoms with Gasteiger partial charge in [-0.1, -0.05) is 23.2 Å². The number of halogens is 2. The number of anilines is 1. The second-order valence-electron chi connectivity index (χ2n) is 4.10. The van der Waals surface area contributed by atoms with E-state index < -0.39 is 0 Å². The van der Waals surface area contributed by atoms with Crippen LogP contribution in [0.25, 0.3) is 10.9 Å². The average Bonchev–Trinajstić information content (AvgIpc) is 2.41. The lowest BCUT2D eigenvalue weighted by Crippen LogP contribution is -2.44. The van der Waals surface area contributed by atoms with Crippen LogP contribution in [-0.2, 0) is 0 Å². The van der Waals surface area contributed by atoms with Crippen LogP contribution in [0.15, 0.2) is 12.3 Å². The molecule has 0 bridgehead atoms. The van der Waals surface area contributed by atoms with Crippen molar-refractivity contribution in [1.29, 1.82) is 0 Å². The second kappa shape index (κ2) is 4.84. The van der Waals surface area contributed by atoms with Crippen molar-refractivity contribution in [1.82, 2.24) is 20.5 Å². The van der Waals surface area contributed by atoms with Gasteiger partial charge in [-0.3, -0.25) is 4.98 Å². The Labute approximate surface area is 114 Å². The molecule has 0 spiro atoms. The summed E-state index contributed by atoms with van der Waals surface area (Å²) in [5.41, 5.74) is 0.751. The van der Waals surface area contributed by atoms with Crippen LogP contribution in [0.4, 0.5) is 5.82 Å². The zero-order valence-electron chi connectivity index (χ0n) is 9.53. The van der Waals surface area contributed by atoms with Crippen LogP contribution in [0.2, 0.25) is 10.2 Å². The quantitative estimate of drug-likeness (QED) is 0.864. The van der Waals surface area contributed by atoms with Crippen molar-refractivity contribution in [2.24, 2.45) is 0 Å². The molecule has 0 unspecified atom stereocenters. The molecule has 0 aromatic carbocycles. The van der Waals surface area contributed by atoms with Gasteiger partial charge in [0.1, 0.15) is 5.52 Å². The Balaban J connectivity index is 2.14. The van der Waals surface area contributed by atoms with Crippen molar-refractivity contribution < 1.29 is 0 Å². The van der Waals surface area contributed by atoms with Gasteiger partial charge in [0.25, 0.3) is 0 Å². The van der Waals surface area contributed by atoms with Gasteiger partial charge in [0.15, 0.2) is 11.0 Å². The van der Waals surface area contributed by atoms with Gasteiger partial charge in [-0.2, -0.15) is 0 Å². The first-order valence-corrected chi connectivity index (χ1v) is 6.44. The van der Waals surface area contributed by atoms with E-state index in [0.29, 0.717) is 10.2 Å². The molecule has 1 aliphatic heterocycles. The maximum Gasteiger partial charge on any atom is 0.178 e. The van der Waals surface area contributed by atoms with Crippen LogP contribution in [-0.4, -0.2) is 41.4 Å². The predicted octanol–water partition coefficient (Wildman–Crippen LogP) is 1.74. The van der Waals surface area contributed by atoms with E-state index in [1.54, 1.807) is 12.3 Å². The third-order valence-corrected chi connectivity index (χ3v) is 3.42. The van der Waals surface area contributed by atoms with E-state index in [1.165, 1.54) is 0 Å². The van der Waals surface area contributed by atoms with Crippen molar-refractivity contribution in [2.75, 3.05) is 31.1 Å². The molecule has 0 atom stereocenters. The van der Waals surface area contributed by atoms with Crippen LogP contribution < -0.4 is 10.2 Å². The summed E-state index contributed by atoms with van der Waals surface area (Å²) in [5.74, 6) is 0.771. The van der Waals surface area contributed by atoms with E-state index in [1.807, 2.05) is 0 Å². The molecule has 3 rings (SSSR count).